The van der Waals surface area contributed by atoms with Crippen LogP contribution in [0.2, 0.25) is 0 Å². The van der Waals surface area contributed by atoms with E-state index in [9.17, 15) is 5.11 Å². The fraction of sp³-hybridized carbons (Fsp3) is 1.00. The highest BCUT2D eigenvalue weighted by Gasteiger charge is 2.25. The van der Waals surface area contributed by atoms with Gasteiger partial charge in [0.1, 0.15) is 0 Å². The third kappa shape index (κ3) is 3.42. The van der Waals surface area contributed by atoms with Crippen LogP contribution in [-0.2, 0) is 0 Å². The van der Waals surface area contributed by atoms with Gasteiger partial charge in [0.25, 0.3) is 0 Å². The number of β-amino-alcohol motifs (C(OH)–C–C–N with tert-alkyl or cyclic N) is 1. The molecule has 2 fully saturated rings. The summed E-state index contributed by atoms with van der Waals surface area (Å²) in [6, 6.07) is 0.485. The highest BCUT2D eigenvalue weighted by molar-refractivity contribution is 4.84. The Morgan fingerprint density at radius 1 is 1.44 bits per heavy atom. The molecule has 3 unspecified atom stereocenters. The summed E-state index contributed by atoms with van der Waals surface area (Å²) in [5.74, 6) is 0.835. The zero-order chi connectivity index (χ0) is 11.5. The first kappa shape index (κ1) is 12.3. The maximum atomic E-state index is 9.44. The number of likely N-dealkylation sites (tertiary alicyclic amines) is 1. The zero-order valence-electron chi connectivity index (χ0n) is 10.5. The predicted molar refractivity (Wildman–Crippen MR) is 65.5 cm³/mol. The van der Waals surface area contributed by atoms with Crippen molar-refractivity contribution in [1.82, 2.24) is 15.1 Å². The number of nitrogens with one attached hydrogen (secondary N) is 1. The second kappa shape index (κ2) is 5.45. The summed E-state index contributed by atoms with van der Waals surface area (Å²) in [6.07, 6.45) is 2.12. The van der Waals surface area contributed by atoms with Gasteiger partial charge in [0.2, 0.25) is 0 Å². The Hall–Kier alpha value is -0.160. The van der Waals surface area contributed by atoms with Crippen LogP contribution in [0.3, 0.4) is 0 Å². The normalized spacial score (nSPS) is 36.4. The van der Waals surface area contributed by atoms with E-state index in [0.29, 0.717) is 6.04 Å². The lowest BCUT2D eigenvalue weighted by Crippen LogP contribution is -2.38. The van der Waals surface area contributed by atoms with Gasteiger partial charge in [0.15, 0.2) is 0 Å². The van der Waals surface area contributed by atoms with Gasteiger partial charge in [-0.25, -0.2) is 0 Å². The second-order valence-corrected chi connectivity index (χ2v) is 5.63. The van der Waals surface area contributed by atoms with Crippen molar-refractivity contribution in [3.63, 3.8) is 0 Å². The highest BCUT2D eigenvalue weighted by atomic mass is 16.3. The van der Waals surface area contributed by atoms with Crippen LogP contribution in [0.25, 0.3) is 0 Å². The molecule has 0 saturated carbocycles. The molecule has 2 saturated heterocycles. The summed E-state index contributed by atoms with van der Waals surface area (Å²) in [5, 5.41) is 12.8. The summed E-state index contributed by atoms with van der Waals surface area (Å²) in [5.41, 5.74) is 0. The number of rotatable bonds is 4. The van der Waals surface area contributed by atoms with E-state index in [1.54, 1.807) is 0 Å². The third-order valence-corrected chi connectivity index (χ3v) is 3.79. The molecule has 2 N–H and O–H groups in total. The van der Waals surface area contributed by atoms with Gasteiger partial charge < -0.3 is 20.2 Å². The number of hydrogen-bond donors (Lipinski definition) is 2. The molecule has 94 valence electrons. The quantitative estimate of drug-likeness (QED) is 0.685. The molecule has 4 nitrogen and oxygen atoms in total. The molecule has 0 radical (unpaired) electrons. The maximum Gasteiger partial charge on any atom is 0.0680 e. The standard InChI is InChI=1S/C12H25N3O/c1-14-4-3-10(7-14)8-15(2)9-11-5-12(16)6-13-11/h10-13,16H,3-9H2,1-2H3. The monoisotopic (exact) mass is 227 g/mol. The van der Waals surface area contributed by atoms with E-state index in [0.717, 1.165) is 25.4 Å². The van der Waals surface area contributed by atoms with Gasteiger partial charge in [-0.1, -0.05) is 0 Å². The van der Waals surface area contributed by atoms with Gasteiger partial charge in [-0.05, 0) is 39.4 Å². The Morgan fingerprint density at radius 3 is 2.81 bits per heavy atom. The van der Waals surface area contributed by atoms with Crippen LogP contribution in [0, 0.1) is 5.92 Å². The van der Waals surface area contributed by atoms with Crippen molar-refractivity contribution in [2.24, 2.45) is 5.92 Å². The summed E-state index contributed by atoms with van der Waals surface area (Å²) < 4.78 is 0. The smallest absolute Gasteiger partial charge is 0.0680 e. The molecule has 4 heteroatoms. The molecule has 0 aromatic carbocycles. The van der Waals surface area contributed by atoms with Crippen molar-refractivity contribution in [2.45, 2.75) is 25.0 Å². The second-order valence-electron chi connectivity index (χ2n) is 5.63. The molecule has 0 aromatic rings. The molecule has 0 bridgehead atoms. The average molecular weight is 227 g/mol. The lowest BCUT2D eigenvalue weighted by Gasteiger charge is -2.24. The fourth-order valence-corrected chi connectivity index (χ4v) is 3.00. The van der Waals surface area contributed by atoms with Gasteiger partial charge in [-0.3, -0.25) is 0 Å². The van der Waals surface area contributed by atoms with Crippen molar-refractivity contribution in [3.05, 3.63) is 0 Å². The molecular weight excluding hydrogens is 202 g/mol. The van der Waals surface area contributed by atoms with Gasteiger partial charge in [-0.15, -0.1) is 0 Å². The Bertz CT molecular complexity index is 202. The predicted octanol–water partition coefficient (Wildman–Crippen LogP) is -0.407. The van der Waals surface area contributed by atoms with Crippen molar-refractivity contribution >= 4 is 0 Å². The molecule has 0 aromatic heterocycles. The lowest BCUT2D eigenvalue weighted by atomic mass is 10.1. The number of hydrogen-bond acceptors (Lipinski definition) is 4. The van der Waals surface area contributed by atoms with E-state index < -0.39 is 0 Å². The summed E-state index contributed by atoms with van der Waals surface area (Å²) in [7, 11) is 4.40. The Labute approximate surface area is 98.6 Å². The number of nitrogens with zero attached hydrogens (tertiary/aromatic N) is 2. The molecule has 2 rings (SSSR count). The Morgan fingerprint density at radius 2 is 2.25 bits per heavy atom. The topological polar surface area (TPSA) is 38.7 Å². The minimum absolute atomic E-state index is 0.129. The molecule has 16 heavy (non-hydrogen) atoms. The van der Waals surface area contributed by atoms with E-state index in [2.05, 4.69) is 29.2 Å². The first-order valence-corrected chi connectivity index (χ1v) is 6.42. The number of aliphatic hydroxyl groups excluding tert-OH is 1. The Kier molecular flexibility index (Phi) is 4.19. The van der Waals surface area contributed by atoms with Gasteiger partial charge in [0, 0.05) is 32.2 Å². The van der Waals surface area contributed by atoms with Crippen LogP contribution in [0.4, 0.5) is 0 Å². The van der Waals surface area contributed by atoms with E-state index in [-0.39, 0.29) is 6.10 Å². The largest absolute Gasteiger partial charge is 0.392 e. The summed E-state index contributed by atoms with van der Waals surface area (Å²) in [4.78, 5) is 4.83. The molecule has 2 aliphatic heterocycles. The van der Waals surface area contributed by atoms with E-state index in [1.165, 1.54) is 26.1 Å². The molecular formula is C12H25N3O. The van der Waals surface area contributed by atoms with Crippen LogP contribution in [0.15, 0.2) is 0 Å². The van der Waals surface area contributed by atoms with Crippen LogP contribution in [-0.4, -0.2) is 73.9 Å². The van der Waals surface area contributed by atoms with Crippen molar-refractivity contribution < 1.29 is 5.11 Å². The minimum Gasteiger partial charge on any atom is -0.392 e. The molecule has 3 atom stereocenters. The van der Waals surface area contributed by atoms with Gasteiger partial charge in [0.05, 0.1) is 6.10 Å². The van der Waals surface area contributed by atoms with Crippen LogP contribution in [0.1, 0.15) is 12.8 Å². The fourth-order valence-electron chi connectivity index (χ4n) is 3.00. The first-order chi connectivity index (χ1) is 7.63. The van der Waals surface area contributed by atoms with Crippen molar-refractivity contribution in [1.29, 1.82) is 0 Å². The molecule has 0 spiro atoms. The molecule has 2 aliphatic rings. The average Bonchev–Trinajstić information content (AvgIpc) is 2.76. The zero-order valence-corrected chi connectivity index (χ0v) is 10.5. The van der Waals surface area contributed by atoms with Crippen molar-refractivity contribution in [2.75, 3.05) is 46.8 Å². The van der Waals surface area contributed by atoms with E-state index in [4.69, 9.17) is 0 Å². The SMILES string of the molecule is CN1CCC(CN(C)CC2CC(O)CN2)C1. The van der Waals surface area contributed by atoms with Crippen LogP contribution in [0.5, 0.6) is 0 Å². The highest BCUT2D eigenvalue weighted by Crippen LogP contribution is 2.16. The summed E-state index contributed by atoms with van der Waals surface area (Å²) in [6.45, 7) is 5.52. The van der Waals surface area contributed by atoms with E-state index in [1.807, 2.05) is 0 Å². The third-order valence-electron chi connectivity index (χ3n) is 3.79. The van der Waals surface area contributed by atoms with Gasteiger partial charge in [-0.2, -0.15) is 0 Å². The lowest BCUT2D eigenvalue weighted by molar-refractivity contribution is 0.187. The summed E-state index contributed by atoms with van der Waals surface area (Å²) >= 11 is 0. The number of aliphatic hydroxyl groups is 1. The number of likely N-dealkylation sites (N-methyl/N-ethyl adjacent to an activating group) is 1. The molecule has 2 heterocycles. The van der Waals surface area contributed by atoms with Crippen LogP contribution >= 0.6 is 0 Å². The van der Waals surface area contributed by atoms with Crippen molar-refractivity contribution in [3.8, 4) is 0 Å². The van der Waals surface area contributed by atoms with Crippen LogP contribution < -0.4 is 5.32 Å². The minimum atomic E-state index is -0.129. The van der Waals surface area contributed by atoms with E-state index >= 15 is 0 Å². The molecule has 0 amide bonds. The van der Waals surface area contributed by atoms with Gasteiger partial charge >= 0.3 is 0 Å². The Balaban J connectivity index is 1.66. The first-order valence-electron chi connectivity index (χ1n) is 6.42. The molecule has 0 aliphatic carbocycles. The maximum absolute atomic E-state index is 9.44.